The number of nitrogens with one attached hydrogen (secondary N) is 2. The largest absolute Gasteiger partial charge is 0.335 e. The average Bonchev–Trinajstić information content (AvgIpc) is 3.25. The van der Waals surface area contributed by atoms with Crippen molar-refractivity contribution in [2.45, 2.75) is 25.2 Å². The van der Waals surface area contributed by atoms with Crippen LogP contribution in [0.3, 0.4) is 0 Å². The summed E-state index contributed by atoms with van der Waals surface area (Å²) in [6.07, 6.45) is 3.31. The van der Waals surface area contributed by atoms with Crippen LogP contribution < -0.4 is 15.6 Å². The summed E-state index contributed by atoms with van der Waals surface area (Å²) in [5.74, 6) is 1.20. The van der Waals surface area contributed by atoms with Crippen molar-refractivity contribution < 1.29 is 9.59 Å². The SMILES string of the molecule is O=C1CCN2[C@H](N1)c1cccnc1N2CCC(=O)N[C@@H]1N=Nc2ncccc21. The smallest absolute Gasteiger partial charge is 0.223 e. The van der Waals surface area contributed by atoms with Crippen molar-refractivity contribution in [3.63, 3.8) is 0 Å². The molecule has 5 rings (SSSR count). The predicted molar refractivity (Wildman–Crippen MR) is 98.0 cm³/mol. The molecule has 1 fully saturated rings. The number of hydrazine groups is 1. The van der Waals surface area contributed by atoms with Crippen molar-refractivity contribution in [3.8, 4) is 0 Å². The lowest BCUT2D eigenvalue weighted by Crippen LogP contribution is -2.52. The van der Waals surface area contributed by atoms with Gasteiger partial charge >= 0.3 is 0 Å². The quantitative estimate of drug-likeness (QED) is 0.829. The van der Waals surface area contributed by atoms with E-state index in [1.54, 1.807) is 18.5 Å². The Morgan fingerprint density at radius 2 is 2.04 bits per heavy atom. The summed E-state index contributed by atoms with van der Waals surface area (Å²) in [5.41, 5.74) is 1.74. The van der Waals surface area contributed by atoms with E-state index >= 15 is 0 Å². The van der Waals surface area contributed by atoms with Crippen LogP contribution in [0.2, 0.25) is 0 Å². The molecule has 2 amide bonds. The van der Waals surface area contributed by atoms with E-state index in [0.717, 1.165) is 16.9 Å². The number of azo groups is 1. The Morgan fingerprint density at radius 1 is 1.21 bits per heavy atom. The summed E-state index contributed by atoms with van der Waals surface area (Å²) < 4.78 is 0. The third kappa shape index (κ3) is 2.78. The molecule has 0 radical (unpaired) electrons. The van der Waals surface area contributed by atoms with Crippen LogP contribution in [0.5, 0.6) is 0 Å². The second kappa shape index (κ2) is 6.64. The van der Waals surface area contributed by atoms with E-state index in [4.69, 9.17) is 0 Å². The maximum atomic E-state index is 12.5. The lowest BCUT2D eigenvalue weighted by atomic mass is 10.2. The predicted octanol–water partition coefficient (Wildman–Crippen LogP) is 1.33. The lowest BCUT2D eigenvalue weighted by Gasteiger charge is -2.36. The maximum Gasteiger partial charge on any atom is 0.223 e. The van der Waals surface area contributed by atoms with Crippen LogP contribution in [0.15, 0.2) is 46.9 Å². The molecule has 2 aromatic rings. The van der Waals surface area contributed by atoms with E-state index in [9.17, 15) is 9.59 Å². The third-order valence-corrected chi connectivity index (χ3v) is 5.06. The highest BCUT2D eigenvalue weighted by molar-refractivity contribution is 5.79. The fourth-order valence-corrected chi connectivity index (χ4v) is 3.76. The summed E-state index contributed by atoms with van der Waals surface area (Å²) in [5, 5.41) is 18.0. The number of pyridine rings is 2. The van der Waals surface area contributed by atoms with Gasteiger partial charge in [0.05, 0.1) is 0 Å². The zero-order valence-corrected chi connectivity index (χ0v) is 14.9. The number of amides is 2. The number of nitrogens with zero attached hydrogens (tertiary/aromatic N) is 6. The van der Waals surface area contributed by atoms with Crippen LogP contribution in [0.25, 0.3) is 0 Å². The Labute approximate surface area is 160 Å². The second-order valence-electron chi connectivity index (χ2n) is 6.77. The van der Waals surface area contributed by atoms with Crippen molar-refractivity contribution in [1.82, 2.24) is 25.6 Å². The maximum absolute atomic E-state index is 12.5. The van der Waals surface area contributed by atoms with Gasteiger partial charge in [-0.2, -0.15) is 10.1 Å². The highest BCUT2D eigenvalue weighted by atomic mass is 16.2. The molecule has 2 N–H and O–H groups in total. The van der Waals surface area contributed by atoms with Gasteiger partial charge in [-0.1, -0.05) is 6.07 Å². The van der Waals surface area contributed by atoms with Gasteiger partial charge in [0.2, 0.25) is 11.8 Å². The summed E-state index contributed by atoms with van der Waals surface area (Å²) in [7, 11) is 0. The zero-order valence-electron chi connectivity index (χ0n) is 14.9. The van der Waals surface area contributed by atoms with Gasteiger partial charge < -0.3 is 10.6 Å². The number of carbonyl (C=O) groups is 2. The van der Waals surface area contributed by atoms with Gasteiger partial charge in [0.25, 0.3) is 0 Å². The molecular formula is C18H18N8O2. The number of aromatic nitrogens is 2. The number of rotatable bonds is 4. The lowest BCUT2D eigenvalue weighted by molar-refractivity contribution is -0.127. The molecule has 0 aliphatic carbocycles. The fraction of sp³-hybridized carbons (Fsp3) is 0.333. The molecule has 1 saturated heterocycles. The van der Waals surface area contributed by atoms with Crippen LogP contribution in [0, 0.1) is 0 Å². The van der Waals surface area contributed by atoms with E-state index in [0.29, 0.717) is 25.3 Å². The number of hydrogen-bond donors (Lipinski definition) is 2. The first kappa shape index (κ1) is 16.8. The molecule has 0 unspecified atom stereocenters. The molecule has 0 bridgehead atoms. The molecule has 28 heavy (non-hydrogen) atoms. The van der Waals surface area contributed by atoms with Crippen LogP contribution in [-0.4, -0.2) is 39.9 Å². The van der Waals surface area contributed by atoms with Crippen LogP contribution >= 0.6 is 0 Å². The Hall–Kier alpha value is -3.40. The van der Waals surface area contributed by atoms with E-state index in [-0.39, 0.29) is 24.4 Å². The molecule has 3 aliphatic rings. The molecule has 3 aliphatic heterocycles. The minimum absolute atomic E-state index is 0.0227. The van der Waals surface area contributed by atoms with Crippen molar-refractivity contribution in [2.75, 3.05) is 18.1 Å². The Kier molecular flexibility index (Phi) is 3.97. The highest BCUT2D eigenvalue weighted by Crippen LogP contribution is 2.38. The first-order chi connectivity index (χ1) is 13.7. The Balaban J connectivity index is 1.27. The van der Waals surface area contributed by atoms with Gasteiger partial charge in [-0.25, -0.2) is 9.97 Å². The van der Waals surface area contributed by atoms with E-state index in [1.807, 2.05) is 23.2 Å². The molecule has 2 aromatic heterocycles. The Bertz CT molecular complexity index is 978. The van der Waals surface area contributed by atoms with Crippen molar-refractivity contribution in [3.05, 3.63) is 47.8 Å². The number of hydrogen-bond acceptors (Lipinski definition) is 8. The molecule has 2 atom stereocenters. The second-order valence-corrected chi connectivity index (χ2v) is 6.77. The summed E-state index contributed by atoms with van der Waals surface area (Å²) in [6, 6.07) is 7.46. The summed E-state index contributed by atoms with van der Waals surface area (Å²) >= 11 is 0. The molecule has 0 spiro atoms. The van der Waals surface area contributed by atoms with E-state index < -0.39 is 6.17 Å². The van der Waals surface area contributed by atoms with Crippen molar-refractivity contribution in [1.29, 1.82) is 0 Å². The van der Waals surface area contributed by atoms with Crippen LogP contribution in [-0.2, 0) is 9.59 Å². The highest BCUT2D eigenvalue weighted by Gasteiger charge is 2.40. The normalized spacial score (nSPS) is 22.4. The number of carbonyl (C=O) groups excluding carboxylic acids is 2. The van der Waals surface area contributed by atoms with Gasteiger partial charge in [-0.15, -0.1) is 5.11 Å². The third-order valence-electron chi connectivity index (χ3n) is 5.06. The zero-order chi connectivity index (χ0) is 19.1. The van der Waals surface area contributed by atoms with Crippen molar-refractivity contribution in [2.24, 2.45) is 10.2 Å². The first-order valence-corrected chi connectivity index (χ1v) is 9.14. The Morgan fingerprint density at radius 3 is 2.93 bits per heavy atom. The minimum Gasteiger partial charge on any atom is -0.335 e. The first-order valence-electron chi connectivity index (χ1n) is 9.14. The fourth-order valence-electron chi connectivity index (χ4n) is 3.76. The summed E-state index contributed by atoms with van der Waals surface area (Å²) in [6.45, 7) is 1.04. The molecule has 142 valence electrons. The van der Waals surface area contributed by atoms with E-state index in [2.05, 4.69) is 35.8 Å². The molecule has 0 aromatic carbocycles. The molecule has 5 heterocycles. The van der Waals surface area contributed by atoms with Crippen LogP contribution in [0.4, 0.5) is 11.6 Å². The number of anilines is 1. The van der Waals surface area contributed by atoms with Gasteiger partial charge in [0.15, 0.2) is 12.0 Å². The van der Waals surface area contributed by atoms with Gasteiger partial charge in [-0.3, -0.25) is 14.6 Å². The topological polar surface area (TPSA) is 115 Å². The number of fused-ring (bicyclic) bond motifs is 4. The standard InChI is InChI=1S/C18H18N8O2/c27-13(21-16-11-3-1-7-19-15(11)23-24-16)5-9-25-17-12(4-2-8-20-17)18-22-14(28)6-10-26(18)25/h1-4,7-8,16,18H,5-6,9-10H2,(H,21,27)(H,22,28)/t16-,18+/m1/s1. The molecule has 10 heteroatoms. The minimum atomic E-state index is -0.498. The van der Waals surface area contributed by atoms with Gasteiger partial charge in [-0.05, 0) is 18.2 Å². The van der Waals surface area contributed by atoms with Gasteiger partial charge in [0.1, 0.15) is 12.0 Å². The van der Waals surface area contributed by atoms with E-state index in [1.165, 1.54) is 0 Å². The average molecular weight is 378 g/mol. The molecule has 10 nitrogen and oxygen atoms in total. The van der Waals surface area contributed by atoms with Crippen LogP contribution in [0.1, 0.15) is 36.3 Å². The molecular weight excluding hydrogens is 360 g/mol. The monoisotopic (exact) mass is 378 g/mol. The summed E-state index contributed by atoms with van der Waals surface area (Å²) in [4.78, 5) is 32.9. The van der Waals surface area contributed by atoms with Gasteiger partial charge in [0, 0.05) is 49.5 Å². The molecule has 0 saturated carbocycles. The van der Waals surface area contributed by atoms with Crippen molar-refractivity contribution >= 4 is 23.5 Å².